The van der Waals surface area contributed by atoms with Crippen LogP contribution >= 0.6 is 0 Å². The van der Waals surface area contributed by atoms with Crippen LogP contribution in [-0.4, -0.2) is 55.3 Å². The number of para-hydroxylation sites is 1. The zero-order chi connectivity index (χ0) is 21.3. The minimum atomic E-state index is -2.95. The number of rotatable bonds is 10. The topological polar surface area (TPSA) is 88.4 Å². The predicted molar refractivity (Wildman–Crippen MR) is 120 cm³/mol. The maximum atomic E-state index is 11.3. The molecule has 2 rings (SSSR count). The predicted octanol–water partition coefficient (Wildman–Crippen LogP) is 2.49. The maximum Gasteiger partial charge on any atom is 0.191 e. The van der Waals surface area contributed by atoms with Crippen molar-refractivity contribution in [3.05, 3.63) is 47.8 Å². The van der Waals surface area contributed by atoms with Crippen molar-refractivity contribution >= 4 is 15.8 Å². The Labute approximate surface area is 174 Å². The minimum Gasteiger partial charge on any atom is -0.357 e. The summed E-state index contributed by atoms with van der Waals surface area (Å²) in [5.74, 6) is 0.899. The fraction of sp³-hybridized carbons (Fsp3) is 0.524. The number of nitrogens with one attached hydrogen (secondary N) is 2. The van der Waals surface area contributed by atoms with E-state index in [1.165, 1.54) is 11.8 Å². The Morgan fingerprint density at radius 1 is 1.28 bits per heavy atom. The molecule has 0 bridgehead atoms. The number of guanidine groups is 1. The lowest BCUT2D eigenvalue weighted by Crippen LogP contribution is -2.42. The van der Waals surface area contributed by atoms with Gasteiger partial charge in [-0.15, -0.1) is 0 Å². The number of aliphatic imine (C=N–C) groups is 1. The van der Waals surface area contributed by atoms with Crippen LogP contribution in [0.3, 0.4) is 0 Å². The van der Waals surface area contributed by atoms with Gasteiger partial charge in [-0.2, -0.15) is 5.10 Å². The van der Waals surface area contributed by atoms with E-state index in [1.54, 1.807) is 0 Å². The van der Waals surface area contributed by atoms with Gasteiger partial charge in [-0.1, -0.05) is 18.2 Å². The van der Waals surface area contributed by atoms with Crippen molar-refractivity contribution < 1.29 is 8.42 Å². The Morgan fingerprint density at radius 3 is 2.66 bits per heavy atom. The van der Waals surface area contributed by atoms with Gasteiger partial charge in [0, 0.05) is 31.6 Å². The van der Waals surface area contributed by atoms with Gasteiger partial charge in [0.05, 0.1) is 17.1 Å². The van der Waals surface area contributed by atoms with Gasteiger partial charge in [-0.05, 0) is 57.7 Å². The van der Waals surface area contributed by atoms with E-state index in [2.05, 4.69) is 26.9 Å². The van der Waals surface area contributed by atoms with Crippen LogP contribution in [0, 0.1) is 6.92 Å². The lowest BCUT2D eigenvalue weighted by Gasteiger charge is -2.17. The highest BCUT2D eigenvalue weighted by Crippen LogP contribution is 2.13. The molecule has 1 heterocycles. The normalized spacial score (nSPS) is 13.3. The van der Waals surface area contributed by atoms with Gasteiger partial charge in [-0.25, -0.2) is 13.1 Å². The summed E-state index contributed by atoms with van der Waals surface area (Å²) in [5.41, 5.74) is 3.32. The number of aromatic nitrogens is 2. The average Bonchev–Trinajstić information content (AvgIpc) is 3.04. The Kier molecular flexibility index (Phi) is 8.70. The molecule has 0 radical (unpaired) electrons. The second-order valence-corrected chi connectivity index (χ2v) is 9.61. The molecule has 0 aliphatic heterocycles. The minimum absolute atomic E-state index is 0.0360. The standard InChI is InChI=1S/C21H33N5O2S/c1-5-22-21(24-17(2)13-15-29(4,27)28)23-14-9-10-19-16-26(25-18(19)3)20-11-7-6-8-12-20/h6-8,11-12,16-17H,5,9-10,13-15H2,1-4H3,(H2,22,23,24). The highest BCUT2D eigenvalue weighted by Gasteiger charge is 2.10. The molecule has 0 amide bonds. The first-order valence-electron chi connectivity index (χ1n) is 10.1. The van der Waals surface area contributed by atoms with E-state index < -0.39 is 9.84 Å². The molecule has 0 spiro atoms. The van der Waals surface area contributed by atoms with Crippen molar-refractivity contribution in [1.29, 1.82) is 0 Å². The van der Waals surface area contributed by atoms with Crippen molar-refractivity contribution in [3.63, 3.8) is 0 Å². The molecule has 1 aromatic carbocycles. The molecule has 1 unspecified atom stereocenters. The highest BCUT2D eigenvalue weighted by atomic mass is 32.2. The summed E-state index contributed by atoms with van der Waals surface area (Å²) in [6.07, 6.45) is 5.73. The van der Waals surface area contributed by atoms with Gasteiger partial charge in [0.2, 0.25) is 0 Å². The smallest absolute Gasteiger partial charge is 0.191 e. The first kappa shape index (κ1) is 22.9. The van der Waals surface area contributed by atoms with Gasteiger partial charge >= 0.3 is 0 Å². The van der Waals surface area contributed by atoms with Crippen LogP contribution < -0.4 is 10.6 Å². The summed E-state index contributed by atoms with van der Waals surface area (Å²) in [4.78, 5) is 4.63. The monoisotopic (exact) mass is 419 g/mol. The molecule has 2 N–H and O–H groups in total. The number of hydrogen-bond acceptors (Lipinski definition) is 4. The summed E-state index contributed by atoms with van der Waals surface area (Å²) < 4.78 is 24.6. The Morgan fingerprint density at radius 2 is 2.00 bits per heavy atom. The molecular weight excluding hydrogens is 386 g/mol. The second kappa shape index (κ2) is 11.0. The van der Waals surface area contributed by atoms with Crippen LogP contribution in [-0.2, 0) is 16.3 Å². The first-order chi connectivity index (χ1) is 13.8. The third-order valence-electron chi connectivity index (χ3n) is 4.54. The molecule has 29 heavy (non-hydrogen) atoms. The molecule has 160 valence electrons. The van der Waals surface area contributed by atoms with Crippen LogP contribution in [0.25, 0.3) is 5.69 Å². The zero-order valence-electron chi connectivity index (χ0n) is 17.9. The second-order valence-electron chi connectivity index (χ2n) is 7.35. The van der Waals surface area contributed by atoms with E-state index in [1.807, 2.05) is 55.8 Å². The van der Waals surface area contributed by atoms with E-state index in [-0.39, 0.29) is 11.8 Å². The van der Waals surface area contributed by atoms with Gasteiger partial charge in [0.15, 0.2) is 5.96 Å². The zero-order valence-corrected chi connectivity index (χ0v) is 18.7. The summed E-state index contributed by atoms with van der Waals surface area (Å²) in [7, 11) is -2.95. The Hall–Kier alpha value is -2.35. The molecule has 0 saturated heterocycles. The SMILES string of the molecule is CCNC(=NCCCc1cn(-c2ccccc2)nc1C)NC(C)CCS(C)(=O)=O. The lowest BCUT2D eigenvalue weighted by molar-refractivity contribution is 0.581. The number of nitrogens with zero attached hydrogens (tertiary/aromatic N) is 3. The van der Waals surface area contributed by atoms with Gasteiger partial charge in [0.25, 0.3) is 0 Å². The van der Waals surface area contributed by atoms with E-state index in [0.717, 1.165) is 36.7 Å². The van der Waals surface area contributed by atoms with E-state index in [4.69, 9.17) is 0 Å². The van der Waals surface area contributed by atoms with Gasteiger partial charge in [-0.3, -0.25) is 4.99 Å². The number of aryl methyl sites for hydroxylation is 2. The fourth-order valence-corrected chi connectivity index (χ4v) is 3.71. The van der Waals surface area contributed by atoms with Crippen LogP contribution in [0.2, 0.25) is 0 Å². The van der Waals surface area contributed by atoms with Crippen molar-refractivity contribution in [2.24, 2.45) is 4.99 Å². The van der Waals surface area contributed by atoms with E-state index in [0.29, 0.717) is 13.0 Å². The van der Waals surface area contributed by atoms with Gasteiger partial charge in [0.1, 0.15) is 9.84 Å². The molecule has 0 aliphatic carbocycles. The molecule has 1 aromatic heterocycles. The fourth-order valence-electron chi connectivity index (χ4n) is 2.93. The van der Waals surface area contributed by atoms with Crippen molar-refractivity contribution in [2.75, 3.05) is 25.1 Å². The molecule has 7 nitrogen and oxygen atoms in total. The maximum absolute atomic E-state index is 11.3. The summed E-state index contributed by atoms with van der Waals surface area (Å²) >= 11 is 0. The Bertz CT molecular complexity index is 891. The largest absolute Gasteiger partial charge is 0.357 e. The molecule has 1 atom stereocenters. The first-order valence-corrected chi connectivity index (χ1v) is 12.2. The average molecular weight is 420 g/mol. The quantitative estimate of drug-likeness (QED) is 0.351. The molecule has 0 saturated carbocycles. The molecule has 8 heteroatoms. The summed E-state index contributed by atoms with van der Waals surface area (Å²) in [6.45, 7) is 7.46. The van der Waals surface area contributed by atoms with E-state index >= 15 is 0 Å². The third-order valence-corrected chi connectivity index (χ3v) is 5.52. The van der Waals surface area contributed by atoms with E-state index in [9.17, 15) is 8.42 Å². The highest BCUT2D eigenvalue weighted by molar-refractivity contribution is 7.90. The third kappa shape index (κ3) is 8.27. The van der Waals surface area contributed by atoms with Crippen molar-refractivity contribution in [1.82, 2.24) is 20.4 Å². The molecule has 0 fully saturated rings. The van der Waals surface area contributed by atoms with Gasteiger partial charge < -0.3 is 10.6 Å². The molecule has 0 aliphatic rings. The number of hydrogen-bond donors (Lipinski definition) is 2. The van der Waals surface area contributed by atoms with Crippen LogP contribution in [0.4, 0.5) is 0 Å². The van der Waals surface area contributed by atoms with Crippen LogP contribution in [0.15, 0.2) is 41.5 Å². The number of benzene rings is 1. The van der Waals surface area contributed by atoms with Crippen LogP contribution in [0.5, 0.6) is 0 Å². The lowest BCUT2D eigenvalue weighted by atomic mass is 10.1. The van der Waals surface area contributed by atoms with Crippen molar-refractivity contribution in [3.8, 4) is 5.69 Å². The summed E-state index contributed by atoms with van der Waals surface area (Å²) in [6, 6.07) is 10.1. The summed E-state index contributed by atoms with van der Waals surface area (Å²) in [5, 5.41) is 11.1. The van der Waals surface area contributed by atoms with Crippen LogP contribution in [0.1, 0.15) is 37.9 Å². The number of sulfone groups is 1. The Balaban J connectivity index is 1.87. The molecule has 2 aromatic rings. The van der Waals surface area contributed by atoms with Crippen molar-refractivity contribution in [2.45, 2.75) is 46.1 Å². The molecular formula is C21H33N5O2S.